The van der Waals surface area contributed by atoms with Crippen LogP contribution in [0, 0.1) is 0 Å². The van der Waals surface area contributed by atoms with Crippen molar-refractivity contribution >= 4 is 15.7 Å². The molecule has 1 aromatic heterocycles. The van der Waals surface area contributed by atoms with Crippen molar-refractivity contribution in [2.24, 2.45) is 0 Å². The molecule has 1 atom stereocenters. The van der Waals surface area contributed by atoms with Crippen molar-refractivity contribution in [3.63, 3.8) is 0 Å². The first kappa shape index (κ1) is 11.7. The lowest BCUT2D eigenvalue weighted by molar-refractivity contribution is 0.602. The van der Waals surface area contributed by atoms with E-state index in [0.29, 0.717) is 24.0 Å². The van der Waals surface area contributed by atoms with Crippen LogP contribution >= 0.6 is 0 Å². The monoisotopic (exact) mass is 269 g/mol. The quantitative estimate of drug-likeness (QED) is 0.820. The van der Waals surface area contributed by atoms with Gasteiger partial charge >= 0.3 is 0 Å². The highest BCUT2D eigenvalue weighted by Gasteiger charge is 2.29. The third kappa shape index (κ3) is 2.55. The van der Waals surface area contributed by atoms with Crippen molar-refractivity contribution in [2.75, 3.05) is 16.8 Å². The Bertz CT molecular complexity index is 619. The average Bonchev–Trinajstić information content (AvgIpc) is 3.04. The zero-order valence-electron chi connectivity index (χ0n) is 9.85. The number of rotatable bonds is 3. The molecule has 2 N–H and O–H groups in total. The summed E-state index contributed by atoms with van der Waals surface area (Å²) < 4.78 is 22.7. The van der Waals surface area contributed by atoms with Crippen LogP contribution in [0.15, 0.2) is 10.9 Å². The Kier molecular flexibility index (Phi) is 2.65. The summed E-state index contributed by atoms with van der Waals surface area (Å²) in [6, 6.07) is 1.26. The first-order chi connectivity index (χ1) is 8.52. The number of sulfone groups is 1. The van der Waals surface area contributed by atoms with Crippen molar-refractivity contribution in [1.29, 1.82) is 0 Å². The molecule has 0 amide bonds. The topological polar surface area (TPSA) is 91.9 Å². The second-order valence-electron chi connectivity index (χ2n) is 5.03. The zero-order chi connectivity index (χ0) is 12.8. The summed E-state index contributed by atoms with van der Waals surface area (Å²) in [5, 5.41) is 3.05. The summed E-state index contributed by atoms with van der Waals surface area (Å²) in [5.41, 5.74) is -0.185. The number of anilines is 1. The van der Waals surface area contributed by atoms with E-state index in [0.717, 1.165) is 12.8 Å². The molecule has 1 aromatic rings. The Labute approximate surface area is 105 Å². The van der Waals surface area contributed by atoms with E-state index in [1.54, 1.807) is 0 Å². The number of nitrogens with zero attached hydrogens (tertiary/aromatic N) is 1. The molecule has 6 nitrogen and oxygen atoms in total. The van der Waals surface area contributed by atoms with Gasteiger partial charge in [0, 0.05) is 18.0 Å². The van der Waals surface area contributed by atoms with Gasteiger partial charge in [0.15, 0.2) is 9.84 Å². The molecule has 2 heterocycles. The zero-order valence-corrected chi connectivity index (χ0v) is 10.7. The second kappa shape index (κ2) is 4.08. The molecule has 98 valence electrons. The molecule has 3 rings (SSSR count). The molecule has 0 radical (unpaired) electrons. The molecule has 2 fully saturated rings. The van der Waals surface area contributed by atoms with Crippen molar-refractivity contribution in [3.05, 3.63) is 22.2 Å². The van der Waals surface area contributed by atoms with E-state index in [-0.39, 0.29) is 23.1 Å². The summed E-state index contributed by atoms with van der Waals surface area (Å²) in [5.74, 6) is 1.91. The molecule has 1 unspecified atom stereocenters. The van der Waals surface area contributed by atoms with E-state index in [1.165, 1.54) is 6.07 Å². The summed E-state index contributed by atoms with van der Waals surface area (Å²) >= 11 is 0. The predicted octanol–water partition coefficient (Wildman–Crippen LogP) is 0.246. The van der Waals surface area contributed by atoms with Crippen molar-refractivity contribution in [1.82, 2.24) is 9.97 Å². The maximum atomic E-state index is 11.5. The highest BCUT2D eigenvalue weighted by Crippen LogP contribution is 2.37. The fraction of sp³-hybridized carbons (Fsp3) is 0.636. The molecular weight excluding hydrogens is 254 g/mol. The fourth-order valence-electron chi connectivity index (χ4n) is 2.22. The molecule has 7 heteroatoms. The van der Waals surface area contributed by atoms with Crippen LogP contribution in [0.5, 0.6) is 0 Å². The Hall–Kier alpha value is -1.37. The minimum atomic E-state index is -2.92. The molecule has 0 aromatic carbocycles. The Morgan fingerprint density at radius 2 is 2.11 bits per heavy atom. The van der Waals surface area contributed by atoms with Gasteiger partial charge in [0.1, 0.15) is 11.6 Å². The maximum Gasteiger partial charge on any atom is 0.252 e. The van der Waals surface area contributed by atoms with Crippen LogP contribution in [0.1, 0.15) is 31.0 Å². The number of hydrogen-bond acceptors (Lipinski definition) is 5. The molecule has 0 spiro atoms. The molecule has 0 bridgehead atoms. The van der Waals surface area contributed by atoms with Crippen LogP contribution in [-0.2, 0) is 9.84 Å². The highest BCUT2D eigenvalue weighted by atomic mass is 32.2. The molecule has 1 aliphatic heterocycles. The van der Waals surface area contributed by atoms with E-state index in [2.05, 4.69) is 15.3 Å². The van der Waals surface area contributed by atoms with Gasteiger partial charge in [-0.25, -0.2) is 13.4 Å². The van der Waals surface area contributed by atoms with Gasteiger partial charge in [0.25, 0.3) is 5.56 Å². The lowest BCUT2D eigenvalue weighted by Gasteiger charge is -2.11. The second-order valence-corrected chi connectivity index (χ2v) is 7.26. The van der Waals surface area contributed by atoms with Crippen molar-refractivity contribution < 1.29 is 8.42 Å². The van der Waals surface area contributed by atoms with Crippen molar-refractivity contribution in [2.45, 2.75) is 31.2 Å². The van der Waals surface area contributed by atoms with E-state index in [1.807, 2.05) is 0 Å². The lowest BCUT2D eigenvalue weighted by Crippen LogP contribution is -2.23. The van der Waals surface area contributed by atoms with Crippen LogP contribution in [-0.4, -0.2) is 35.9 Å². The molecular formula is C11H15N3O3S. The predicted molar refractivity (Wildman–Crippen MR) is 67.5 cm³/mol. The summed E-state index contributed by atoms with van der Waals surface area (Å²) in [7, 11) is -2.92. The SMILES string of the molecule is O=c1cc(NC2CCS(=O)(=O)C2)nc(C2CC2)[nH]1. The maximum absolute atomic E-state index is 11.5. The number of aromatic amines is 1. The molecule has 18 heavy (non-hydrogen) atoms. The van der Waals surface area contributed by atoms with Gasteiger partial charge < -0.3 is 10.3 Å². The smallest absolute Gasteiger partial charge is 0.252 e. The van der Waals surface area contributed by atoms with Gasteiger partial charge in [-0.3, -0.25) is 4.79 Å². The van der Waals surface area contributed by atoms with E-state index in [4.69, 9.17) is 0 Å². The van der Waals surface area contributed by atoms with Gasteiger partial charge in [-0.2, -0.15) is 0 Å². The molecule has 1 aliphatic carbocycles. The number of aromatic nitrogens is 2. The van der Waals surface area contributed by atoms with Gasteiger partial charge in [0.2, 0.25) is 0 Å². The van der Waals surface area contributed by atoms with Gasteiger partial charge in [-0.15, -0.1) is 0 Å². The fourth-order valence-corrected chi connectivity index (χ4v) is 3.89. The Morgan fingerprint density at radius 3 is 2.72 bits per heavy atom. The number of nitrogens with one attached hydrogen (secondary N) is 2. The molecule has 1 saturated heterocycles. The van der Waals surface area contributed by atoms with E-state index < -0.39 is 9.84 Å². The standard InChI is InChI=1S/C11H15N3O3S/c15-10-5-9(13-11(14-10)7-1-2-7)12-8-3-4-18(16,17)6-8/h5,7-8H,1-4,6H2,(H2,12,13,14,15). The van der Waals surface area contributed by atoms with Crippen LogP contribution in [0.3, 0.4) is 0 Å². The normalized spacial score (nSPS) is 26.1. The third-order valence-corrected chi connectivity index (χ3v) is 5.08. The van der Waals surface area contributed by atoms with E-state index >= 15 is 0 Å². The minimum absolute atomic E-state index is 0.125. The average molecular weight is 269 g/mol. The third-order valence-electron chi connectivity index (χ3n) is 3.31. The highest BCUT2D eigenvalue weighted by molar-refractivity contribution is 7.91. The summed E-state index contributed by atoms with van der Waals surface area (Å²) in [6.07, 6.45) is 2.70. The molecule has 1 saturated carbocycles. The first-order valence-electron chi connectivity index (χ1n) is 6.10. The largest absolute Gasteiger partial charge is 0.366 e. The molecule has 2 aliphatic rings. The van der Waals surface area contributed by atoms with Gasteiger partial charge in [-0.05, 0) is 19.3 Å². The van der Waals surface area contributed by atoms with E-state index in [9.17, 15) is 13.2 Å². The van der Waals surface area contributed by atoms with Crippen LogP contribution in [0.4, 0.5) is 5.82 Å². The Morgan fingerprint density at radius 1 is 1.33 bits per heavy atom. The van der Waals surface area contributed by atoms with Gasteiger partial charge in [-0.1, -0.05) is 0 Å². The minimum Gasteiger partial charge on any atom is -0.366 e. The summed E-state index contributed by atoms with van der Waals surface area (Å²) in [6.45, 7) is 0. The van der Waals surface area contributed by atoms with Crippen molar-refractivity contribution in [3.8, 4) is 0 Å². The summed E-state index contributed by atoms with van der Waals surface area (Å²) in [4.78, 5) is 18.6. The first-order valence-corrected chi connectivity index (χ1v) is 7.92. The lowest BCUT2D eigenvalue weighted by atomic mass is 10.2. The van der Waals surface area contributed by atoms with Gasteiger partial charge in [0.05, 0.1) is 11.5 Å². The number of H-pyrrole nitrogens is 1. The van der Waals surface area contributed by atoms with Crippen LogP contribution in [0.2, 0.25) is 0 Å². The Balaban J connectivity index is 1.78. The van der Waals surface area contributed by atoms with Crippen LogP contribution < -0.4 is 10.9 Å². The number of hydrogen-bond donors (Lipinski definition) is 2. The van der Waals surface area contributed by atoms with Crippen LogP contribution in [0.25, 0.3) is 0 Å².